The first kappa shape index (κ1) is 22.8. The van der Waals surface area contributed by atoms with Crippen molar-refractivity contribution in [3.63, 3.8) is 0 Å². The summed E-state index contributed by atoms with van der Waals surface area (Å²) < 4.78 is 29.9. The Hall–Kier alpha value is -2.86. The Morgan fingerprint density at radius 2 is 1.90 bits per heavy atom. The van der Waals surface area contributed by atoms with E-state index in [4.69, 9.17) is 14.2 Å². The lowest BCUT2D eigenvalue weighted by atomic mass is 9.74. The van der Waals surface area contributed by atoms with Crippen LogP contribution in [0.2, 0.25) is 0 Å². The standard InChI is InChI=1S/C25H30FNO4/c1-3-14-31-22-10-4-19(17-23(22)29-2)5-11-24(28)27-18-25(12-15-30-16-13-25)20-6-8-21(26)9-7-20/h4-11,17H,3,12-16,18H2,1-2H3,(H,27,28)/b11-5+. The van der Waals surface area contributed by atoms with Gasteiger partial charge in [-0.3, -0.25) is 4.79 Å². The molecule has 0 bridgehead atoms. The second-order valence-corrected chi connectivity index (χ2v) is 7.71. The molecule has 2 aromatic rings. The van der Waals surface area contributed by atoms with Crippen LogP contribution in [-0.4, -0.2) is 39.4 Å². The lowest BCUT2D eigenvalue weighted by Crippen LogP contribution is -2.44. The number of nitrogens with one attached hydrogen (secondary N) is 1. The summed E-state index contributed by atoms with van der Waals surface area (Å²) in [5.41, 5.74) is 1.61. The molecule has 0 aliphatic carbocycles. The number of ether oxygens (including phenoxy) is 3. The molecule has 166 valence electrons. The van der Waals surface area contributed by atoms with Gasteiger partial charge in [-0.1, -0.05) is 25.1 Å². The highest BCUT2D eigenvalue weighted by Gasteiger charge is 2.34. The maximum atomic E-state index is 13.4. The maximum Gasteiger partial charge on any atom is 0.244 e. The van der Waals surface area contributed by atoms with Gasteiger partial charge in [-0.15, -0.1) is 0 Å². The smallest absolute Gasteiger partial charge is 0.244 e. The molecule has 1 fully saturated rings. The van der Waals surface area contributed by atoms with E-state index in [1.165, 1.54) is 18.2 Å². The molecule has 1 saturated heterocycles. The Balaban J connectivity index is 1.65. The average Bonchev–Trinajstić information content (AvgIpc) is 2.81. The molecule has 0 atom stereocenters. The predicted molar refractivity (Wildman–Crippen MR) is 119 cm³/mol. The van der Waals surface area contributed by atoms with Crippen molar-refractivity contribution in [2.24, 2.45) is 0 Å². The molecule has 1 amide bonds. The SMILES string of the molecule is CCCOc1ccc(/C=C/C(=O)NCC2(c3ccc(F)cc3)CCOCC2)cc1OC. The zero-order valence-corrected chi connectivity index (χ0v) is 18.2. The van der Waals surface area contributed by atoms with E-state index in [0.29, 0.717) is 37.9 Å². The van der Waals surface area contributed by atoms with Crippen LogP contribution in [0.15, 0.2) is 48.5 Å². The first-order chi connectivity index (χ1) is 15.1. The zero-order chi connectivity index (χ0) is 22.1. The molecule has 1 aliphatic heterocycles. The van der Waals surface area contributed by atoms with Crippen molar-refractivity contribution in [3.05, 3.63) is 65.5 Å². The van der Waals surface area contributed by atoms with Gasteiger partial charge >= 0.3 is 0 Å². The molecule has 0 aromatic heterocycles. The Bertz CT molecular complexity index is 889. The van der Waals surface area contributed by atoms with Crippen molar-refractivity contribution in [1.82, 2.24) is 5.32 Å². The van der Waals surface area contributed by atoms with Crippen LogP contribution in [0.4, 0.5) is 4.39 Å². The number of amides is 1. The van der Waals surface area contributed by atoms with Gasteiger partial charge in [0.2, 0.25) is 5.91 Å². The van der Waals surface area contributed by atoms with E-state index in [1.807, 2.05) is 25.1 Å². The van der Waals surface area contributed by atoms with Crippen molar-refractivity contribution in [2.75, 3.05) is 33.5 Å². The van der Waals surface area contributed by atoms with Crippen LogP contribution < -0.4 is 14.8 Å². The largest absolute Gasteiger partial charge is 0.493 e. The molecule has 31 heavy (non-hydrogen) atoms. The summed E-state index contributed by atoms with van der Waals surface area (Å²) in [7, 11) is 1.59. The molecule has 2 aromatic carbocycles. The summed E-state index contributed by atoms with van der Waals surface area (Å²) in [6.07, 6.45) is 5.73. The number of hydrogen-bond donors (Lipinski definition) is 1. The molecule has 0 saturated carbocycles. The summed E-state index contributed by atoms with van der Waals surface area (Å²) in [6, 6.07) is 12.1. The fourth-order valence-corrected chi connectivity index (χ4v) is 3.74. The van der Waals surface area contributed by atoms with Gasteiger partial charge < -0.3 is 19.5 Å². The summed E-state index contributed by atoms with van der Waals surface area (Å²) in [5.74, 6) is 0.873. The van der Waals surface area contributed by atoms with Gasteiger partial charge in [0.05, 0.1) is 13.7 Å². The van der Waals surface area contributed by atoms with Crippen LogP contribution in [0.25, 0.3) is 6.08 Å². The lowest BCUT2D eigenvalue weighted by Gasteiger charge is -2.37. The van der Waals surface area contributed by atoms with Gasteiger partial charge in [-0.05, 0) is 60.7 Å². The maximum absolute atomic E-state index is 13.4. The topological polar surface area (TPSA) is 56.8 Å². The second kappa shape index (κ2) is 11.0. The molecule has 0 spiro atoms. The van der Waals surface area contributed by atoms with E-state index in [2.05, 4.69) is 5.32 Å². The third-order valence-electron chi connectivity index (χ3n) is 5.58. The molecular formula is C25H30FNO4. The van der Waals surface area contributed by atoms with Crippen LogP contribution in [0.5, 0.6) is 11.5 Å². The number of hydrogen-bond acceptors (Lipinski definition) is 4. The van der Waals surface area contributed by atoms with E-state index in [-0.39, 0.29) is 17.1 Å². The monoisotopic (exact) mass is 427 g/mol. The van der Waals surface area contributed by atoms with Crippen molar-refractivity contribution >= 4 is 12.0 Å². The molecule has 3 rings (SSSR count). The van der Waals surface area contributed by atoms with Crippen LogP contribution in [0.3, 0.4) is 0 Å². The lowest BCUT2D eigenvalue weighted by molar-refractivity contribution is -0.116. The minimum atomic E-state index is -0.264. The predicted octanol–water partition coefficient (Wildman–Crippen LogP) is 4.50. The molecule has 0 unspecified atom stereocenters. The number of methoxy groups -OCH3 is 1. The van der Waals surface area contributed by atoms with E-state index in [0.717, 1.165) is 30.4 Å². The average molecular weight is 428 g/mol. The first-order valence-electron chi connectivity index (χ1n) is 10.7. The number of carbonyl (C=O) groups is 1. The highest BCUT2D eigenvalue weighted by molar-refractivity contribution is 5.91. The van der Waals surface area contributed by atoms with Crippen LogP contribution in [-0.2, 0) is 14.9 Å². The Kier molecular flexibility index (Phi) is 8.06. The van der Waals surface area contributed by atoms with Crippen molar-refractivity contribution in [2.45, 2.75) is 31.6 Å². The highest BCUT2D eigenvalue weighted by Crippen LogP contribution is 2.34. The molecule has 5 nitrogen and oxygen atoms in total. The molecule has 1 aliphatic rings. The van der Waals surface area contributed by atoms with Gasteiger partial charge in [-0.2, -0.15) is 0 Å². The molecule has 1 heterocycles. The van der Waals surface area contributed by atoms with E-state index in [1.54, 1.807) is 25.3 Å². The normalized spacial score (nSPS) is 15.6. The van der Waals surface area contributed by atoms with E-state index < -0.39 is 0 Å². The minimum Gasteiger partial charge on any atom is -0.493 e. The van der Waals surface area contributed by atoms with Crippen molar-refractivity contribution < 1.29 is 23.4 Å². The fraction of sp³-hybridized carbons (Fsp3) is 0.400. The molecule has 1 N–H and O–H groups in total. The number of rotatable bonds is 9. The Labute approximate surface area is 183 Å². The minimum absolute atomic E-state index is 0.182. The highest BCUT2D eigenvalue weighted by atomic mass is 19.1. The zero-order valence-electron chi connectivity index (χ0n) is 18.2. The second-order valence-electron chi connectivity index (χ2n) is 7.71. The summed E-state index contributed by atoms with van der Waals surface area (Å²) in [5, 5.41) is 3.01. The Morgan fingerprint density at radius 3 is 2.58 bits per heavy atom. The van der Waals surface area contributed by atoms with E-state index >= 15 is 0 Å². The summed E-state index contributed by atoms with van der Waals surface area (Å²) in [4.78, 5) is 12.5. The molecule has 6 heteroatoms. The van der Waals surface area contributed by atoms with Gasteiger partial charge in [0.15, 0.2) is 11.5 Å². The fourth-order valence-electron chi connectivity index (χ4n) is 3.74. The van der Waals surface area contributed by atoms with Gasteiger partial charge in [0, 0.05) is 31.2 Å². The van der Waals surface area contributed by atoms with Crippen LogP contribution >= 0.6 is 0 Å². The van der Waals surface area contributed by atoms with Crippen molar-refractivity contribution in [1.29, 1.82) is 0 Å². The third kappa shape index (κ3) is 6.07. The van der Waals surface area contributed by atoms with Crippen LogP contribution in [0, 0.1) is 5.82 Å². The summed E-state index contributed by atoms with van der Waals surface area (Å²) >= 11 is 0. The van der Waals surface area contributed by atoms with Gasteiger partial charge in [0.1, 0.15) is 5.82 Å². The number of benzene rings is 2. The van der Waals surface area contributed by atoms with Gasteiger partial charge in [0.25, 0.3) is 0 Å². The van der Waals surface area contributed by atoms with Crippen LogP contribution in [0.1, 0.15) is 37.3 Å². The summed E-state index contributed by atoms with van der Waals surface area (Å²) in [6.45, 7) is 4.38. The number of carbonyl (C=O) groups excluding carboxylic acids is 1. The number of halogens is 1. The van der Waals surface area contributed by atoms with Crippen molar-refractivity contribution in [3.8, 4) is 11.5 Å². The quantitative estimate of drug-likeness (QED) is 0.599. The molecular weight excluding hydrogens is 397 g/mol. The molecule has 0 radical (unpaired) electrons. The van der Waals surface area contributed by atoms with E-state index in [9.17, 15) is 9.18 Å². The first-order valence-corrected chi connectivity index (χ1v) is 10.7. The third-order valence-corrected chi connectivity index (χ3v) is 5.58. The van der Waals surface area contributed by atoms with Gasteiger partial charge in [-0.25, -0.2) is 4.39 Å². The Morgan fingerprint density at radius 1 is 1.16 bits per heavy atom.